The monoisotopic (exact) mass is 470 g/mol. The van der Waals surface area contributed by atoms with E-state index in [2.05, 4.69) is 48.5 Å². The molecule has 5 fully saturated rings. The quantitative estimate of drug-likeness (QED) is 0.463. The van der Waals surface area contributed by atoms with Crippen molar-refractivity contribution in [2.45, 2.75) is 113 Å². The molecule has 0 aliphatic heterocycles. The van der Waals surface area contributed by atoms with E-state index in [9.17, 15) is 19.5 Å². The zero-order valence-electron chi connectivity index (χ0n) is 22.6. The summed E-state index contributed by atoms with van der Waals surface area (Å²) in [7, 11) is 0. The molecule has 0 aromatic carbocycles. The van der Waals surface area contributed by atoms with Crippen LogP contribution >= 0.6 is 0 Å². The molecule has 0 bridgehead atoms. The Labute approximate surface area is 206 Å². The van der Waals surface area contributed by atoms with Gasteiger partial charge in [0.15, 0.2) is 0 Å². The van der Waals surface area contributed by atoms with Gasteiger partial charge in [-0.05, 0) is 90.8 Å². The number of ketones is 2. The summed E-state index contributed by atoms with van der Waals surface area (Å²) in [6.45, 7) is 16.0. The van der Waals surface area contributed by atoms with Crippen molar-refractivity contribution in [3.63, 3.8) is 0 Å². The summed E-state index contributed by atoms with van der Waals surface area (Å²) in [6.07, 6.45) is 8.19. The first kappa shape index (κ1) is 24.5. The van der Waals surface area contributed by atoms with Crippen LogP contribution in [0.15, 0.2) is 0 Å². The lowest BCUT2D eigenvalue weighted by molar-refractivity contribution is -0.235. The SMILES string of the molecule is CC1(C)CC[C@]2(C(=O)O)CC[C@]3(C)C(C(=O)C[C@@H]4[C@@]5(C)CCC(=O)C(C)(C)[C@@H]5CC[C@]43C)[C@H]2C1. The van der Waals surface area contributed by atoms with Gasteiger partial charge in [-0.3, -0.25) is 14.4 Å². The molecule has 5 rings (SSSR count). The van der Waals surface area contributed by atoms with Crippen LogP contribution in [0.25, 0.3) is 0 Å². The zero-order valence-corrected chi connectivity index (χ0v) is 22.6. The average molecular weight is 471 g/mol. The molecule has 0 aromatic rings. The maximum Gasteiger partial charge on any atom is 0.309 e. The normalized spacial score (nSPS) is 51.5. The van der Waals surface area contributed by atoms with Gasteiger partial charge in [0.05, 0.1) is 5.41 Å². The van der Waals surface area contributed by atoms with E-state index in [0.29, 0.717) is 43.2 Å². The molecule has 0 aromatic heterocycles. The van der Waals surface area contributed by atoms with Crippen molar-refractivity contribution in [1.82, 2.24) is 0 Å². The molecule has 0 heterocycles. The summed E-state index contributed by atoms with van der Waals surface area (Å²) in [6, 6.07) is 0. The Kier molecular flexibility index (Phi) is 5.02. The molecular weight excluding hydrogens is 424 g/mol. The zero-order chi connectivity index (χ0) is 25.1. The van der Waals surface area contributed by atoms with E-state index < -0.39 is 11.4 Å². The molecule has 1 unspecified atom stereocenters. The number of carboxylic acids is 1. The molecule has 8 atom stereocenters. The maximum atomic E-state index is 14.2. The number of aliphatic carboxylic acids is 1. The Morgan fingerprint density at radius 2 is 1.47 bits per heavy atom. The molecule has 4 nitrogen and oxygen atoms in total. The fourth-order valence-corrected chi connectivity index (χ4v) is 10.9. The van der Waals surface area contributed by atoms with Crippen molar-refractivity contribution < 1.29 is 19.5 Å². The van der Waals surface area contributed by atoms with Gasteiger partial charge in [-0.15, -0.1) is 0 Å². The van der Waals surface area contributed by atoms with Crippen LogP contribution in [0.4, 0.5) is 0 Å². The second-order valence-electron chi connectivity index (χ2n) is 15.2. The minimum Gasteiger partial charge on any atom is -0.481 e. The summed E-state index contributed by atoms with van der Waals surface area (Å²) >= 11 is 0. The number of hydrogen-bond donors (Lipinski definition) is 1. The van der Waals surface area contributed by atoms with Gasteiger partial charge in [0.25, 0.3) is 0 Å². The molecule has 5 aliphatic carbocycles. The molecule has 34 heavy (non-hydrogen) atoms. The van der Waals surface area contributed by atoms with Gasteiger partial charge in [-0.2, -0.15) is 0 Å². The first-order chi connectivity index (χ1) is 15.6. The Balaban J connectivity index is 1.60. The van der Waals surface area contributed by atoms with Crippen molar-refractivity contribution in [3.05, 3.63) is 0 Å². The first-order valence-corrected chi connectivity index (χ1v) is 13.8. The van der Waals surface area contributed by atoms with Gasteiger partial charge < -0.3 is 5.11 Å². The number of Topliss-reactive ketones (excluding diaryl/α,β-unsaturated/α-hetero) is 2. The molecule has 1 N–H and O–H groups in total. The molecule has 0 radical (unpaired) electrons. The van der Waals surface area contributed by atoms with E-state index in [1.54, 1.807) is 0 Å². The largest absolute Gasteiger partial charge is 0.481 e. The number of rotatable bonds is 1. The maximum absolute atomic E-state index is 14.2. The Bertz CT molecular complexity index is 947. The molecule has 190 valence electrons. The average Bonchev–Trinajstić information content (AvgIpc) is 2.72. The lowest BCUT2D eigenvalue weighted by atomic mass is 9.31. The second kappa shape index (κ2) is 6.97. The highest BCUT2D eigenvalue weighted by molar-refractivity contribution is 5.87. The highest BCUT2D eigenvalue weighted by atomic mass is 16.4. The van der Waals surface area contributed by atoms with Crippen LogP contribution in [-0.2, 0) is 14.4 Å². The topological polar surface area (TPSA) is 71.4 Å². The number of carbonyl (C=O) groups excluding carboxylic acids is 2. The van der Waals surface area contributed by atoms with Gasteiger partial charge in [0, 0.05) is 24.2 Å². The third kappa shape index (κ3) is 2.80. The van der Waals surface area contributed by atoms with Crippen molar-refractivity contribution in [3.8, 4) is 0 Å². The van der Waals surface area contributed by atoms with E-state index in [1.807, 2.05) is 0 Å². The Morgan fingerprint density at radius 3 is 2.12 bits per heavy atom. The van der Waals surface area contributed by atoms with Crippen LogP contribution in [0.1, 0.15) is 113 Å². The Hall–Kier alpha value is -1.19. The summed E-state index contributed by atoms with van der Waals surface area (Å²) < 4.78 is 0. The predicted octanol–water partition coefficient (Wildman–Crippen LogP) is 6.70. The van der Waals surface area contributed by atoms with Gasteiger partial charge in [0.1, 0.15) is 11.6 Å². The van der Waals surface area contributed by atoms with E-state index >= 15 is 0 Å². The smallest absolute Gasteiger partial charge is 0.309 e. The number of hydrogen-bond acceptors (Lipinski definition) is 3. The van der Waals surface area contributed by atoms with Crippen molar-refractivity contribution in [2.75, 3.05) is 0 Å². The third-order valence-electron chi connectivity index (χ3n) is 13.2. The van der Waals surface area contributed by atoms with E-state index in [0.717, 1.165) is 38.5 Å². The van der Waals surface area contributed by atoms with E-state index in [-0.39, 0.29) is 44.8 Å². The minimum absolute atomic E-state index is 0.000449. The second-order valence-corrected chi connectivity index (χ2v) is 15.2. The van der Waals surface area contributed by atoms with Crippen molar-refractivity contribution in [1.29, 1.82) is 0 Å². The van der Waals surface area contributed by atoms with Crippen LogP contribution < -0.4 is 0 Å². The molecule has 4 heteroatoms. The van der Waals surface area contributed by atoms with Gasteiger partial charge in [-0.25, -0.2) is 0 Å². The minimum atomic E-state index is -0.737. The van der Waals surface area contributed by atoms with Crippen LogP contribution in [0.3, 0.4) is 0 Å². The van der Waals surface area contributed by atoms with Gasteiger partial charge in [0.2, 0.25) is 0 Å². The lowest BCUT2D eigenvalue weighted by Gasteiger charge is -2.72. The molecule has 5 aliphatic rings. The van der Waals surface area contributed by atoms with Gasteiger partial charge in [-0.1, -0.05) is 48.5 Å². The fourth-order valence-electron chi connectivity index (χ4n) is 10.9. The molecular formula is C30H46O4. The predicted molar refractivity (Wildman–Crippen MR) is 132 cm³/mol. The molecule has 0 amide bonds. The summed E-state index contributed by atoms with van der Waals surface area (Å²) in [5, 5.41) is 10.5. The van der Waals surface area contributed by atoms with Crippen LogP contribution in [-0.4, -0.2) is 22.6 Å². The number of carboxylic acid groups (broad SMARTS) is 1. The van der Waals surface area contributed by atoms with Gasteiger partial charge >= 0.3 is 5.97 Å². The third-order valence-corrected chi connectivity index (χ3v) is 13.2. The first-order valence-electron chi connectivity index (χ1n) is 13.8. The molecule has 0 spiro atoms. The summed E-state index contributed by atoms with van der Waals surface area (Å²) in [5.74, 6) is 0.423. The van der Waals surface area contributed by atoms with E-state index in [1.165, 1.54) is 0 Å². The van der Waals surface area contributed by atoms with Crippen LogP contribution in [0, 0.1) is 56.2 Å². The Morgan fingerprint density at radius 1 is 0.824 bits per heavy atom. The summed E-state index contributed by atoms with van der Waals surface area (Å²) in [5.41, 5.74) is -1.17. The fraction of sp³-hybridized carbons (Fsp3) is 0.900. The highest BCUT2D eigenvalue weighted by Gasteiger charge is 2.73. The van der Waals surface area contributed by atoms with Crippen LogP contribution in [0.5, 0.6) is 0 Å². The number of fused-ring (bicyclic) bond motifs is 7. The van der Waals surface area contributed by atoms with Crippen LogP contribution in [0.2, 0.25) is 0 Å². The highest BCUT2D eigenvalue weighted by Crippen LogP contribution is 2.76. The van der Waals surface area contributed by atoms with E-state index in [4.69, 9.17) is 0 Å². The lowest BCUT2D eigenvalue weighted by Crippen LogP contribution is -2.69. The summed E-state index contributed by atoms with van der Waals surface area (Å²) in [4.78, 5) is 39.9. The van der Waals surface area contributed by atoms with Crippen molar-refractivity contribution in [2.24, 2.45) is 56.2 Å². The number of carbonyl (C=O) groups is 3. The molecule has 0 saturated heterocycles. The standard InChI is InChI=1S/C30H46O4/c1-25(2)12-14-30(24(33)34)15-13-29(7)23(18(30)17-25)19(31)16-21-27(5)10-9-22(32)26(3,4)20(27)8-11-28(21,29)6/h18,20-21,23H,8-17H2,1-7H3,(H,33,34)/t18-,20+,21-,23?,27+,28-,29-,30+/m1/s1. The molecule has 5 saturated carbocycles. The van der Waals surface area contributed by atoms with Crippen molar-refractivity contribution >= 4 is 17.5 Å².